The Kier molecular flexibility index (Phi) is 6.56. The number of aliphatic hydroxyl groups excluding tert-OH is 1. The highest BCUT2D eigenvalue weighted by atomic mass is 32.2. The lowest BCUT2D eigenvalue weighted by molar-refractivity contribution is 0.0115. The molecule has 4 atom stereocenters. The fraction of sp³-hybridized carbons (Fsp3) is 0.500. The van der Waals surface area contributed by atoms with Gasteiger partial charge < -0.3 is 5.11 Å². The number of halogens is 1. The first-order valence-corrected chi connectivity index (χ1v) is 13.9. The Morgan fingerprint density at radius 3 is 2.65 bits per heavy atom. The highest BCUT2D eigenvalue weighted by molar-refractivity contribution is 7.82. The van der Waals surface area contributed by atoms with E-state index in [-0.39, 0.29) is 29.9 Å². The van der Waals surface area contributed by atoms with E-state index >= 15 is 0 Å². The number of aryl methyl sites for hydroxylation is 1. The molecular weight excluding hydrogens is 493 g/mol. The number of piperazine rings is 1. The number of hydrogen-bond acceptors (Lipinski definition) is 7. The molecule has 0 spiro atoms. The second-order valence-corrected chi connectivity index (χ2v) is 11.9. The molecule has 6 rings (SSSR count). The summed E-state index contributed by atoms with van der Waals surface area (Å²) in [4.78, 5) is 3.93. The van der Waals surface area contributed by atoms with Crippen molar-refractivity contribution >= 4 is 22.9 Å². The molecule has 2 aliphatic heterocycles. The van der Waals surface area contributed by atoms with Gasteiger partial charge in [-0.25, -0.2) is 12.9 Å². The first-order valence-electron chi connectivity index (χ1n) is 12.8. The fourth-order valence-electron chi connectivity index (χ4n) is 5.88. The first-order chi connectivity index (χ1) is 17.9. The zero-order valence-corrected chi connectivity index (χ0v) is 21.8. The van der Waals surface area contributed by atoms with Gasteiger partial charge in [0.2, 0.25) is 0 Å². The van der Waals surface area contributed by atoms with Crippen LogP contribution in [0.3, 0.4) is 0 Å². The average Bonchev–Trinajstić information content (AvgIpc) is 3.49. The Balaban J connectivity index is 1.25. The molecule has 37 heavy (non-hydrogen) atoms. The van der Waals surface area contributed by atoms with Gasteiger partial charge in [0.25, 0.3) is 0 Å². The highest BCUT2D eigenvalue weighted by Gasteiger charge is 2.40. The van der Waals surface area contributed by atoms with E-state index in [0.717, 1.165) is 31.6 Å². The van der Waals surface area contributed by atoms with Gasteiger partial charge in [-0.3, -0.25) is 9.91 Å². The summed E-state index contributed by atoms with van der Waals surface area (Å²) in [5.74, 6) is 0.315. The molecule has 1 saturated heterocycles. The van der Waals surface area contributed by atoms with Crippen LogP contribution in [0.1, 0.15) is 19.8 Å². The van der Waals surface area contributed by atoms with E-state index in [1.165, 1.54) is 28.1 Å². The minimum absolute atomic E-state index is 0.0397. The normalized spacial score (nSPS) is 31.0. The molecule has 0 amide bonds. The van der Waals surface area contributed by atoms with Gasteiger partial charge in [0.1, 0.15) is 16.8 Å². The summed E-state index contributed by atoms with van der Waals surface area (Å²) in [7, 11) is 0.342. The van der Waals surface area contributed by atoms with Gasteiger partial charge in [-0.05, 0) is 61.1 Å². The summed E-state index contributed by atoms with van der Waals surface area (Å²) in [5, 5.41) is 25.3. The number of benzene rings is 1. The van der Waals surface area contributed by atoms with E-state index in [1.54, 1.807) is 25.4 Å². The highest BCUT2D eigenvalue weighted by Crippen LogP contribution is 2.37. The van der Waals surface area contributed by atoms with Crippen molar-refractivity contribution in [1.29, 1.82) is 0 Å². The Bertz CT molecular complexity index is 1270. The van der Waals surface area contributed by atoms with E-state index < -0.39 is 11.0 Å². The number of anilines is 1. The van der Waals surface area contributed by atoms with E-state index in [9.17, 15) is 13.7 Å². The minimum Gasteiger partial charge on any atom is -0.393 e. The Labute approximate surface area is 218 Å². The molecule has 2 aliphatic carbocycles. The summed E-state index contributed by atoms with van der Waals surface area (Å²) in [6.45, 7) is 5.13. The van der Waals surface area contributed by atoms with Gasteiger partial charge in [0, 0.05) is 51.4 Å². The van der Waals surface area contributed by atoms with Crippen LogP contribution in [0.5, 0.6) is 0 Å². The first kappa shape index (κ1) is 24.6. The van der Waals surface area contributed by atoms with Crippen molar-refractivity contribution in [3.8, 4) is 0 Å². The second kappa shape index (κ2) is 9.86. The Morgan fingerprint density at radius 1 is 1.16 bits per heavy atom. The van der Waals surface area contributed by atoms with Crippen LogP contribution >= 0.6 is 0 Å². The molecule has 2 fully saturated rings. The zero-order valence-electron chi connectivity index (χ0n) is 21.0. The van der Waals surface area contributed by atoms with Crippen molar-refractivity contribution in [2.75, 3.05) is 31.2 Å². The number of hydrazone groups is 1. The summed E-state index contributed by atoms with van der Waals surface area (Å²) >= 11 is 0. The predicted molar refractivity (Wildman–Crippen MR) is 140 cm³/mol. The van der Waals surface area contributed by atoms with Crippen molar-refractivity contribution in [2.45, 2.75) is 43.0 Å². The number of rotatable bonds is 6. The fourth-order valence-corrected chi connectivity index (χ4v) is 6.99. The van der Waals surface area contributed by atoms with Crippen LogP contribution in [0.2, 0.25) is 0 Å². The monoisotopic (exact) mass is 525 g/mol. The summed E-state index contributed by atoms with van der Waals surface area (Å²) in [6, 6.07) is 6.54. The van der Waals surface area contributed by atoms with E-state index in [4.69, 9.17) is 0 Å². The molecule has 4 aliphatic rings. The minimum atomic E-state index is -1.38. The predicted octanol–water partition coefficient (Wildman–Crippen LogP) is 2.11. The number of aromatic nitrogens is 3. The molecule has 4 unspecified atom stereocenters. The molecule has 1 saturated carbocycles. The van der Waals surface area contributed by atoms with Crippen LogP contribution < -0.4 is 5.01 Å². The summed E-state index contributed by atoms with van der Waals surface area (Å²) < 4.78 is 28.8. The molecule has 3 heterocycles. The van der Waals surface area contributed by atoms with Crippen LogP contribution in [0.15, 0.2) is 63.9 Å². The second-order valence-electron chi connectivity index (χ2n) is 10.4. The van der Waals surface area contributed by atoms with Gasteiger partial charge >= 0.3 is 0 Å². The molecule has 0 radical (unpaired) electrons. The Hall–Kier alpha value is -2.73. The summed E-state index contributed by atoms with van der Waals surface area (Å²) in [6.07, 6.45) is 9.59. The molecule has 196 valence electrons. The number of aliphatic hydroxyl groups is 1. The van der Waals surface area contributed by atoms with Crippen molar-refractivity contribution in [1.82, 2.24) is 24.2 Å². The van der Waals surface area contributed by atoms with Crippen molar-refractivity contribution in [3.63, 3.8) is 0 Å². The molecule has 1 N–H and O–H groups in total. The van der Waals surface area contributed by atoms with Crippen LogP contribution in [0, 0.1) is 17.7 Å². The maximum absolute atomic E-state index is 13.5. The third kappa shape index (κ3) is 4.81. The molecule has 0 bridgehead atoms. The molecule has 2 aromatic rings. The number of nitrogens with zero attached hydrogens (tertiary/aromatic N) is 7. The van der Waals surface area contributed by atoms with E-state index in [1.807, 2.05) is 15.5 Å². The molecular formula is C26H32FN7O2S. The van der Waals surface area contributed by atoms with Gasteiger partial charge in [0.15, 0.2) is 5.03 Å². The standard InChI is InChI=1S/C26H32FN7O2S/c1-17-9-24-19(13-29-34(24)21-5-3-20(27)4-6-21)12-23(17)25-16-33(37(36)26-14-28-31(2)30-26)8-7-32(25)15-18-10-22(35)11-18/h3-6,9,12-14,18-19,22,24-25,35H,7-8,10-11,15-16H2,1-2H3. The smallest absolute Gasteiger partial charge is 0.185 e. The van der Waals surface area contributed by atoms with Crippen LogP contribution in [-0.2, 0) is 18.0 Å². The number of hydrogen-bond donors (Lipinski definition) is 1. The SMILES string of the molecule is CC1=CC2C(C=NN2c2ccc(F)cc2)C=C1C1CN(S(=O)c2cnn(C)n2)CCN1CC1CC(O)C1. The lowest BCUT2D eigenvalue weighted by Gasteiger charge is -2.46. The van der Waals surface area contributed by atoms with Gasteiger partial charge in [-0.1, -0.05) is 12.2 Å². The lowest BCUT2D eigenvalue weighted by Crippen LogP contribution is -2.56. The Morgan fingerprint density at radius 2 is 1.95 bits per heavy atom. The van der Waals surface area contributed by atoms with Crippen molar-refractivity contribution in [3.05, 3.63) is 59.6 Å². The summed E-state index contributed by atoms with van der Waals surface area (Å²) in [5.41, 5.74) is 3.27. The molecule has 1 aromatic carbocycles. The van der Waals surface area contributed by atoms with Crippen molar-refractivity contribution in [2.24, 2.45) is 24.0 Å². The maximum atomic E-state index is 13.5. The molecule has 11 heteroatoms. The van der Waals surface area contributed by atoms with Gasteiger partial charge in [0.05, 0.1) is 24.0 Å². The largest absolute Gasteiger partial charge is 0.393 e. The lowest BCUT2D eigenvalue weighted by atomic mass is 9.80. The third-order valence-corrected chi connectivity index (χ3v) is 9.23. The van der Waals surface area contributed by atoms with Crippen molar-refractivity contribution < 1.29 is 13.7 Å². The van der Waals surface area contributed by atoms with E-state index in [2.05, 4.69) is 39.3 Å². The zero-order chi connectivity index (χ0) is 25.7. The quantitative estimate of drug-likeness (QED) is 0.622. The van der Waals surface area contributed by atoms with Crippen LogP contribution in [0.25, 0.3) is 0 Å². The van der Waals surface area contributed by atoms with Crippen LogP contribution in [0.4, 0.5) is 10.1 Å². The topological polar surface area (TPSA) is 90.1 Å². The third-order valence-electron chi connectivity index (χ3n) is 7.89. The van der Waals surface area contributed by atoms with Gasteiger partial charge in [-0.15, -0.1) is 5.10 Å². The van der Waals surface area contributed by atoms with Crippen LogP contribution in [-0.4, -0.2) is 84.1 Å². The number of fused-ring (bicyclic) bond motifs is 1. The van der Waals surface area contributed by atoms with Gasteiger partial charge in [-0.2, -0.15) is 15.0 Å². The van der Waals surface area contributed by atoms with E-state index in [0.29, 0.717) is 24.0 Å². The average molecular weight is 526 g/mol. The molecule has 9 nitrogen and oxygen atoms in total. The molecule has 1 aromatic heterocycles. The maximum Gasteiger partial charge on any atom is 0.185 e.